The third-order valence-electron chi connectivity index (χ3n) is 4.36. The van der Waals surface area contributed by atoms with E-state index in [0.29, 0.717) is 29.2 Å². The SMILES string of the molecule is CCOc1cc(/C=C/c2[nH]c(=O)[nH]c(=O)c2[N+](=O)[O-])ccc1OCc1ccccc1C#N. The molecule has 10 nitrogen and oxygen atoms in total. The molecule has 0 saturated heterocycles. The van der Waals surface area contributed by atoms with Crippen LogP contribution in [0.1, 0.15) is 29.3 Å². The molecule has 162 valence electrons. The van der Waals surface area contributed by atoms with E-state index >= 15 is 0 Å². The predicted octanol–water partition coefficient (Wildman–Crippen LogP) is 2.99. The van der Waals surface area contributed by atoms with Gasteiger partial charge in [-0.05, 0) is 36.8 Å². The van der Waals surface area contributed by atoms with E-state index in [1.807, 2.05) is 18.0 Å². The Labute approximate surface area is 181 Å². The summed E-state index contributed by atoms with van der Waals surface area (Å²) in [5, 5.41) is 20.4. The first-order valence-electron chi connectivity index (χ1n) is 9.49. The van der Waals surface area contributed by atoms with Crippen molar-refractivity contribution in [3.8, 4) is 17.6 Å². The summed E-state index contributed by atoms with van der Waals surface area (Å²) in [7, 11) is 0. The molecule has 0 atom stereocenters. The van der Waals surface area contributed by atoms with Crippen LogP contribution in [0.2, 0.25) is 0 Å². The van der Waals surface area contributed by atoms with E-state index < -0.39 is 21.9 Å². The monoisotopic (exact) mass is 434 g/mol. The molecule has 0 aliphatic rings. The van der Waals surface area contributed by atoms with Crippen LogP contribution in [0.3, 0.4) is 0 Å². The minimum absolute atomic E-state index is 0.166. The molecule has 0 amide bonds. The molecule has 0 aliphatic heterocycles. The van der Waals surface area contributed by atoms with Crippen LogP contribution in [0.15, 0.2) is 52.1 Å². The largest absolute Gasteiger partial charge is 0.490 e. The van der Waals surface area contributed by atoms with Gasteiger partial charge in [0, 0.05) is 5.56 Å². The molecule has 0 unspecified atom stereocenters. The number of ether oxygens (including phenoxy) is 2. The van der Waals surface area contributed by atoms with Crippen LogP contribution in [0.5, 0.6) is 11.5 Å². The molecule has 0 aliphatic carbocycles. The highest BCUT2D eigenvalue weighted by molar-refractivity contribution is 5.72. The van der Waals surface area contributed by atoms with Crippen LogP contribution in [0.4, 0.5) is 5.69 Å². The maximum Gasteiger partial charge on any atom is 0.357 e. The number of nitrogens with one attached hydrogen (secondary N) is 2. The maximum absolute atomic E-state index is 11.7. The van der Waals surface area contributed by atoms with E-state index in [1.165, 1.54) is 12.2 Å². The lowest BCUT2D eigenvalue weighted by molar-refractivity contribution is -0.386. The van der Waals surface area contributed by atoms with Gasteiger partial charge in [-0.3, -0.25) is 19.9 Å². The summed E-state index contributed by atoms with van der Waals surface area (Å²) in [6.07, 6.45) is 2.76. The number of aromatic amines is 2. The topological polar surface area (TPSA) is 151 Å². The molecule has 3 aromatic rings. The van der Waals surface area contributed by atoms with Crippen molar-refractivity contribution in [3.05, 3.63) is 95.8 Å². The second-order valence-corrected chi connectivity index (χ2v) is 6.46. The third kappa shape index (κ3) is 5.09. The lowest BCUT2D eigenvalue weighted by Crippen LogP contribution is -2.25. The van der Waals surface area contributed by atoms with Gasteiger partial charge in [0.25, 0.3) is 0 Å². The predicted molar refractivity (Wildman–Crippen MR) is 116 cm³/mol. The first kappa shape index (κ1) is 22.0. The van der Waals surface area contributed by atoms with Gasteiger partial charge in [-0.2, -0.15) is 5.26 Å². The molecule has 1 heterocycles. The van der Waals surface area contributed by atoms with Crippen molar-refractivity contribution in [2.45, 2.75) is 13.5 Å². The number of rotatable bonds is 8. The number of nitro groups is 1. The van der Waals surface area contributed by atoms with Gasteiger partial charge in [-0.25, -0.2) is 4.79 Å². The molecule has 2 N–H and O–H groups in total. The minimum Gasteiger partial charge on any atom is -0.490 e. The van der Waals surface area contributed by atoms with Crippen molar-refractivity contribution >= 4 is 17.8 Å². The van der Waals surface area contributed by atoms with E-state index in [1.54, 1.807) is 36.4 Å². The smallest absolute Gasteiger partial charge is 0.357 e. The molecule has 10 heteroatoms. The van der Waals surface area contributed by atoms with E-state index in [2.05, 4.69) is 11.1 Å². The van der Waals surface area contributed by atoms with Gasteiger partial charge in [0.05, 0.1) is 23.2 Å². The summed E-state index contributed by atoms with van der Waals surface area (Å²) in [5.74, 6) is 0.880. The van der Waals surface area contributed by atoms with Gasteiger partial charge >= 0.3 is 16.9 Å². The average Bonchev–Trinajstić information content (AvgIpc) is 2.76. The fraction of sp³-hybridized carbons (Fsp3) is 0.136. The Kier molecular flexibility index (Phi) is 6.82. The molecule has 1 aromatic heterocycles. The number of benzene rings is 2. The molecular weight excluding hydrogens is 416 g/mol. The van der Waals surface area contributed by atoms with E-state index in [0.717, 1.165) is 5.56 Å². The lowest BCUT2D eigenvalue weighted by atomic mass is 10.1. The van der Waals surface area contributed by atoms with E-state index in [4.69, 9.17) is 9.47 Å². The number of nitrogens with zero attached hydrogens (tertiary/aromatic N) is 2. The summed E-state index contributed by atoms with van der Waals surface area (Å²) < 4.78 is 11.5. The Morgan fingerprint density at radius 3 is 2.59 bits per heavy atom. The Morgan fingerprint density at radius 1 is 1.09 bits per heavy atom. The van der Waals surface area contributed by atoms with E-state index in [-0.39, 0.29) is 12.3 Å². The molecule has 0 saturated carbocycles. The average molecular weight is 434 g/mol. The lowest BCUT2D eigenvalue weighted by Gasteiger charge is -2.13. The molecule has 0 radical (unpaired) electrons. The fourth-order valence-corrected chi connectivity index (χ4v) is 2.91. The van der Waals surface area contributed by atoms with Crippen molar-refractivity contribution in [3.63, 3.8) is 0 Å². The second-order valence-electron chi connectivity index (χ2n) is 6.46. The van der Waals surface area contributed by atoms with Gasteiger partial charge < -0.3 is 14.5 Å². The Hall–Kier alpha value is -4.65. The zero-order valence-corrected chi connectivity index (χ0v) is 17.0. The van der Waals surface area contributed by atoms with E-state index in [9.17, 15) is 25.0 Å². The zero-order valence-electron chi connectivity index (χ0n) is 17.0. The highest BCUT2D eigenvalue weighted by Crippen LogP contribution is 2.30. The van der Waals surface area contributed by atoms with Gasteiger partial charge in [-0.1, -0.05) is 30.3 Å². The standard InChI is InChI=1S/C22H18N4O6/c1-2-31-19-11-14(7-9-17-20(26(29)30)21(27)25-22(28)24-17)8-10-18(19)32-13-16-6-4-3-5-15(16)12-23/h3-11H,2,13H2,1H3,(H2,24,25,27,28)/b9-7+. The molecule has 0 bridgehead atoms. The van der Waals surface area contributed by atoms with Crippen LogP contribution in [0, 0.1) is 21.4 Å². The number of H-pyrrole nitrogens is 2. The van der Waals surface area contributed by atoms with Gasteiger partial charge in [0.1, 0.15) is 12.3 Å². The summed E-state index contributed by atoms with van der Waals surface area (Å²) in [6.45, 7) is 2.34. The zero-order chi connectivity index (χ0) is 23.1. The molecule has 32 heavy (non-hydrogen) atoms. The van der Waals surface area contributed by atoms with Gasteiger partial charge in [0.15, 0.2) is 11.5 Å². The van der Waals surface area contributed by atoms with Crippen molar-refractivity contribution < 1.29 is 14.4 Å². The summed E-state index contributed by atoms with van der Waals surface area (Å²) in [4.78, 5) is 37.6. The van der Waals surface area contributed by atoms with Crippen LogP contribution >= 0.6 is 0 Å². The number of nitriles is 1. The van der Waals surface area contributed by atoms with Crippen molar-refractivity contribution in [2.24, 2.45) is 0 Å². The Balaban J connectivity index is 1.88. The van der Waals surface area contributed by atoms with Crippen molar-refractivity contribution in [1.82, 2.24) is 9.97 Å². The molecule has 0 fully saturated rings. The number of aromatic nitrogens is 2. The highest BCUT2D eigenvalue weighted by Gasteiger charge is 2.18. The molecule has 0 spiro atoms. The quantitative estimate of drug-likeness (QED) is 0.408. The van der Waals surface area contributed by atoms with Crippen molar-refractivity contribution in [1.29, 1.82) is 5.26 Å². The van der Waals surface area contributed by atoms with Crippen molar-refractivity contribution in [2.75, 3.05) is 6.61 Å². The minimum atomic E-state index is -1.09. The Bertz CT molecular complexity index is 1330. The molecule has 2 aromatic carbocycles. The third-order valence-corrected chi connectivity index (χ3v) is 4.36. The fourth-order valence-electron chi connectivity index (χ4n) is 2.91. The summed E-state index contributed by atoms with van der Waals surface area (Å²) in [6, 6.07) is 14.2. The second kappa shape index (κ2) is 9.90. The normalized spacial score (nSPS) is 10.6. The highest BCUT2D eigenvalue weighted by atomic mass is 16.6. The Morgan fingerprint density at radius 2 is 1.88 bits per heavy atom. The first-order valence-corrected chi connectivity index (χ1v) is 9.49. The molecule has 3 rings (SSSR count). The van der Waals surface area contributed by atoms with Gasteiger partial charge in [0.2, 0.25) is 0 Å². The number of hydrogen-bond donors (Lipinski definition) is 2. The van der Waals surface area contributed by atoms with Crippen LogP contribution < -0.4 is 20.7 Å². The summed E-state index contributed by atoms with van der Waals surface area (Å²) in [5.41, 5.74) is -1.09. The van der Waals surface area contributed by atoms with Crippen LogP contribution in [-0.2, 0) is 6.61 Å². The van der Waals surface area contributed by atoms with Gasteiger partial charge in [-0.15, -0.1) is 0 Å². The summed E-state index contributed by atoms with van der Waals surface area (Å²) >= 11 is 0. The first-order chi connectivity index (χ1) is 15.4. The molecular formula is C22H18N4O6. The number of hydrogen-bond acceptors (Lipinski definition) is 7. The van der Waals surface area contributed by atoms with Crippen LogP contribution in [-0.4, -0.2) is 21.5 Å². The van der Waals surface area contributed by atoms with Crippen LogP contribution in [0.25, 0.3) is 12.2 Å². The maximum atomic E-state index is 11.7.